The molecule has 3 heteroatoms. The fourth-order valence-corrected chi connectivity index (χ4v) is 8.20. The van der Waals surface area contributed by atoms with Crippen molar-refractivity contribution in [3.63, 3.8) is 0 Å². The smallest absolute Gasteiger partial charge is 0.139 e. The third-order valence-corrected chi connectivity index (χ3v) is 9.22. The van der Waals surface area contributed by atoms with E-state index in [1.807, 2.05) is 0 Å². The van der Waals surface area contributed by atoms with Crippen molar-refractivity contribution in [2.75, 3.05) is 0 Å². The Bertz CT molecular complexity index is 559. The second-order valence-corrected chi connectivity index (χ2v) is 9.60. The van der Waals surface area contributed by atoms with E-state index in [-0.39, 0.29) is 28.5 Å². The predicted molar refractivity (Wildman–Crippen MR) is 81.9 cm³/mol. The molecule has 22 heavy (non-hydrogen) atoms. The number of aliphatic hydroxyl groups excluding tert-OH is 2. The zero-order valence-corrected chi connectivity index (χ0v) is 13.7. The van der Waals surface area contributed by atoms with Gasteiger partial charge in [0.25, 0.3) is 0 Å². The highest BCUT2D eigenvalue weighted by Gasteiger charge is 2.78. The fraction of sp³-hybridized carbons (Fsp3) is 0.947. The van der Waals surface area contributed by atoms with Gasteiger partial charge in [-0.3, -0.25) is 4.79 Å². The minimum Gasteiger partial charge on any atom is -0.393 e. The van der Waals surface area contributed by atoms with Crippen molar-refractivity contribution in [2.24, 2.45) is 39.9 Å². The number of Topliss-reactive ketones (excluding diaryl/α,β-unsaturated/α-hetero) is 1. The van der Waals surface area contributed by atoms with Gasteiger partial charge in [-0.1, -0.05) is 13.8 Å². The molecule has 5 fully saturated rings. The van der Waals surface area contributed by atoms with Gasteiger partial charge in [-0.05, 0) is 67.6 Å². The first-order valence-corrected chi connectivity index (χ1v) is 9.24. The Balaban J connectivity index is 1.60. The number of ketones is 1. The topological polar surface area (TPSA) is 57.5 Å². The van der Waals surface area contributed by atoms with E-state index in [4.69, 9.17) is 0 Å². The number of carbonyl (C=O) groups is 1. The van der Waals surface area contributed by atoms with Gasteiger partial charge in [0.2, 0.25) is 0 Å². The molecule has 0 bridgehead atoms. The molecule has 0 saturated heterocycles. The summed E-state index contributed by atoms with van der Waals surface area (Å²) in [5, 5.41) is 22.0. The normalized spacial score (nSPS) is 65.5. The summed E-state index contributed by atoms with van der Waals surface area (Å²) in [6.45, 7) is 4.43. The van der Waals surface area contributed by atoms with Crippen molar-refractivity contribution < 1.29 is 15.0 Å². The SMILES string of the molecule is C[C@]12C[C@@H](O)[C@H]3[C@@H](C[C@@H](O)[C@]45C[C@@H]4CC[C@]35C)[C@@H]1CCC2=O. The summed E-state index contributed by atoms with van der Waals surface area (Å²) in [6.07, 6.45) is 6.11. The maximum absolute atomic E-state index is 12.4. The van der Waals surface area contributed by atoms with Crippen molar-refractivity contribution in [3.05, 3.63) is 0 Å². The minimum atomic E-state index is -0.359. The molecule has 0 amide bonds. The average Bonchev–Trinajstić information content (AvgIpc) is 3.02. The summed E-state index contributed by atoms with van der Waals surface area (Å²) in [5.74, 6) is 2.07. The van der Waals surface area contributed by atoms with Crippen LogP contribution >= 0.6 is 0 Å². The van der Waals surface area contributed by atoms with E-state index in [2.05, 4.69) is 13.8 Å². The molecular formula is C19H28O3. The van der Waals surface area contributed by atoms with Crippen molar-refractivity contribution in [1.29, 1.82) is 0 Å². The lowest BCUT2D eigenvalue weighted by Crippen LogP contribution is -2.61. The summed E-state index contributed by atoms with van der Waals surface area (Å²) >= 11 is 0. The highest BCUT2D eigenvalue weighted by atomic mass is 16.3. The van der Waals surface area contributed by atoms with Crippen LogP contribution in [0.3, 0.4) is 0 Å². The second-order valence-electron chi connectivity index (χ2n) is 9.60. The van der Waals surface area contributed by atoms with Crippen LogP contribution in [0.25, 0.3) is 0 Å². The van der Waals surface area contributed by atoms with Crippen molar-refractivity contribution in [1.82, 2.24) is 0 Å². The third-order valence-electron chi connectivity index (χ3n) is 9.22. The van der Waals surface area contributed by atoms with Gasteiger partial charge in [-0.2, -0.15) is 0 Å². The van der Waals surface area contributed by atoms with Gasteiger partial charge in [0.1, 0.15) is 5.78 Å². The van der Waals surface area contributed by atoms with E-state index in [9.17, 15) is 15.0 Å². The maximum Gasteiger partial charge on any atom is 0.139 e. The Morgan fingerprint density at radius 1 is 1.14 bits per heavy atom. The van der Waals surface area contributed by atoms with Crippen molar-refractivity contribution >= 4 is 5.78 Å². The van der Waals surface area contributed by atoms with Gasteiger partial charge < -0.3 is 10.2 Å². The van der Waals surface area contributed by atoms with Gasteiger partial charge in [0.05, 0.1) is 12.2 Å². The van der Waals surface area contributed by atoms with Crippen LogP contribution in [0.5, 0.6) is 0 Å². The molecule has 5 saturated carbocycles. The monoisotopic (exact) mass is 304 g/mol. The largest absolute Gasteiger partial charge is 0.393 e. The van der Waals surface area contributed by atoms with Crippen LogP contribution < -0.4 is 0 Å². The summed E-state index contributed by atoms with van der Waals surface area (Å²) in [7, 11) is 0. The molecule has 0 aromatic carbocycles. The quantitative estimate of drug-likeness (QED) is 0.723. The number of fused-ring (bicyclic) bond motifs is 4. The standard InChI is InChI=1S/C19H28O3/c1-17-9-13(20)16-11(12(17)3-4-14(17)21)7-15(22)19-8-10(19)5-6-18(16,19)2/h10-13,15-16,20,22H,3-9H2,1-2H3/t10-,11-,12-,13+,15+,16+,17-,18+,19-/m0/s1. The first kappa shape index (κ1) is 14.0. The predicted octanol–water partition coefficient (Wildman–Crippen LogP) is 2.54. The highest BCUT2D eigenvalue weighted by Crippen LogP contribution is 2.81. The van der Waals surface area contributed by atoms with Gasteiger partial charge >= 0.3 is 0 Å². The molecule has 122 valence electrons. The van der Waals surface area contributed by atoms with Crippen molar-refractivity contribution in [3.8, 4) is 0 Å². The zero-order chi connectivity index (χ0) is 15.5. The van der Waals surface area contributed by atoms with Crippen molar-refractivity contribution in [2.45, 2.75) is 71.0 Å². The molecule has 9 atom stereocenters. The second kappa shape index (κ2) is 3.80. The van der Waals surface area contributed by atoms with Crippen LogP contribution in [-0.2, 0) is 4.79 Å². The molecule has 5 rings (SSSR count). The van der Waals surface area contributed by atoms with E-state index < -0.39 is 0 Å². The summed E-state index contributed by atoms with van der Waals surface area (Å²) in [5.41, 5.74) is -0.138. The molecule has 5 aliphatic rings. The Morgan fingerprint density at radius 2 is 1.91 bits per heavy atom. The Labute approximate surface area is 132 Å². The van der Waals surface area contributed by atoms with E-state index in [0.29, 0.717) is 42.3 Å². The molecule has 2 N–H and O–H groups in total. The van der Waals surface area contributed by atoms with E-state index in [1.54, 1.807) is 0 Å². The average molecular weight is 304 g/mol. The van der Waals surface area contributed by atoms with E-state index in [1.165, 1.54) is 12.8 Å². The lowest BCUT2D eigenvalue weighted by molar-refractivity contribution is -0.189. The first-order valence-electron chi connectivity index (χ1n) is 9.24. The fourth-order valence-electron chi connectivity index (χ4n) is 8.20. The van der Waals surface area contributed by atoms with Crippen LogP contribution in [0.15, 0.2) is 0 Å². The number of hydrogen-bond donors (Lipinski definition) is 2. The van der Waals surface area contributed by atoms with E-state index >= 15 is 0 Å². The van der Waals surface area contributed by atoms with Gasteiger partial charge in [-0.15, -0.1) is 0 Å². The third kappa shape index (κ3) is 1.25. The summed E-state index contributed by atoms with van der Waals surface area (Å²) < 4.78 is 0. The molecule has 3 nitrogen and oxygen atoms in total. The Morgan fingerprint density at radius 3 is 2.64 bits per heavy atom. The summed E-state index contributed by atoms with van der Waals surface area (Å²) in [6, 6.07) is 0. The first-order chi connectivity index (χ1) is 10.3. The summed E-state index contributed by atoms with van der Waals surface area (Å²) in [4.78, 5) is 12.4. The number of rotatable bonds is 0. The molecule has 5 aliphatic carbocycles. The van der Waals surface area contributed by atoms with Crippen LogP contribution in [0.1, 0.15) is 58.8 Å². The number of hydrogen-bond acceptors (Lipinski definition) is 3. The molecular weight excluding hydrogens is 276 g/mol. The Hall–Kier alpha value is -0.410. The van der Waals surface area contributed by atoms with Crippen LogP contribution in [0.2, 0.25) is 0 Å². The Kier molecular flexibility index (Phi) is 2.42. The minimum absolute atomic E-state index is 0.0897. The number of carbonyl (C=O) groups excluding carboxylic acids is 1. The van der Waals surface area contributed by atoms with Crippen LogP contribution in [-0.4, -0.2) is 28.2 Å². The zero-order valence-electron chi connectivity index (χ0n) is 13.7. The van der Waals surface area contributed by atoms with Gasteiger partial charge in [0, 0.05) is 17.3 Å². The molecule has 0 radical (unpaired) electrons. The molecule has 0 aliphatic heterocycles. The van der Waals surface area contributed by atoms with Gasteiger partial charge in [0.15, 0.2) is 0 Å². The molecule has 0 heterocycles. The van der Waals surface area contributed by atoms with Gasteiger partial charge in [-0.25, -0.2) is 0 Å². The molecule has 0 aromatic heterocycles. The molecule has 0 unspecified atom stereocenters. The van der Waals surface area contributed by atoms with Crippen LogP contribution in [0.4, 0.5) is 0 Å². The molecule has 1 spiro atoms. The van der Waals surface area contributed by atoms with Crippen LogP contribution in [0, 0.1) is 39.9 Å². The lowest BCUT2D eigenvalue weighted by atomic mass is 9.45. The highest BCUT2D eigenvalue weighted by molar-refractivity contribution is 5.87. The lowest BCUT2D eigenvalue weighted by Gasteiger charge is -2.60. The van der Waals surface area contributed by atoms with E-state index in [0.717, 1.165) is 19.3 Å². The molecule has 0 aromatic rings. The maximum atomic E-state index is 12.4. The number of aliphatic hydroxyl groups is 2.